The van der Waals surface area contributed by atoms with Gasteiger partial charge in [-0.25, -0.2) is 0 Å². The summed E-state index contributed by atoms with van der Waals surface area (Å²) in [4.78, 5) is 44.2. The Bertz CT molecular complexity index is 1100. The molecule has 0 aliphatic carbocycles. The van der Waals surface area contributed by atoms with Crippen LogP contribution in [0.25, 0.3) is 0 Å². The Labute approximate surface area is 305 Å². The molecule has 292 valence electrons. The number of hydrogen-bond donors (Lipinski definition) is 2. The lowest BCUT2D eigenvalue weighted by atomic mass is 10.0. The number of rotatable bonds is 19. The van der Waals surface area contributed by atoms with Crippen molar-refractivity contribution in [3.8, 4) is 5.75 Å². The molecule has 1 unspecified atom stereocenters. The van der Waals surface area contributed by atoms with E-state index in [-0.39, 0.29) is 31.4 Å². The van der Waals surface area contributed by atoms with Crippen LogP contribution in [0.5, 0.6) is 5.75 Å². The second-order valence-corrected chi connectivity index (χ2v) is 14.5. The minimum absolute atomic E-state index is 0.101. The van der Waals surface area contributed by atoms with Crippen LogP contribution in [0.2, 0.25) is 0 Å². The normalized spacial score (nSPS) is 16.8. The molecule has 0 aromatic heterocycles. The van der Waals surface area contributed by atoms with Gasteiger partial charge in [-0.15, -0.1) is 0 Å². The smallest absolute Gasteiger partial charge is 0.321 e. The summed E-state index contributed by atoms with van der Waals surface area (Å²) < 4.78 is 33.2. The van der Waals surface area contributed by atoms with Crippen LogP contribution in [0.15, 0.2) is 24.3 Å². The van der Waals surface area contributed by atoms with Gasteiger partial charge in [-0.1, -0.05) is 12.1 Å². The highest BCUT2D eigenvalue weighted by Gasteiger charge is 2.29. The molecule has 1 aromatic rings. The van der Waals surface area contributed by atoms with E-state index in [2.05, 4.69) is 5.32 Å². The first-order valence-electron chi connectivity index (χ1n) is 18.2. The van der Waals surface area contributed by atoms with Crippen molar-refractivity contribution in [2.24, 2.45) is 0 Å². The van der Waals surface area contributed by atoms with E-state index < -0.39 is 23.2 Å². The molecule has 0 amide bonds. The van der Waals surface area contributed by atoms with Crippen LogP contribution < -0.4 is 10.1 Å². The number of nitrogens with zero attached hydrogens (tertiary/aromatic N) is 3. The number of hydrogen-bond acceptors (Lipinski definition) is 13. The summed E-state index contributed by atoms with van der Waals surface area (Å²) in [6.45, 7) is 20.8. The van der Waals surface area contributed by atoms with Crippen LogP contribution in [0.1, 0.15) is 54.0 Å². The van der Waals surface area contributed by atoms with Gasteiger partial charge in [0, 0.05) is 59.0 Å². The highest BCUT2D eigenvalue weighted by Crippen LogP contribution is 2.17. The lowest BCUT2D eigenvalue weighted by Gasteiger charge is -2.34. The summed E-state index contributed by atoms with van der Waals surface area (Å²) in [6, 6.07) is 6.58. The number of carboxylic acids is 1. The molecular formula is C37H64N4O10. The molecule has 1 atom stereocenters. The number of ether oxygens (including phenoxy) is 6. The van der Waals surface area contributed by atoms with Crippen molar-refractivity contribution in [3.05, 3.63) is 29.8 Å². The number of nitrogens with one attached hydrogen (secondary N) is 1. The largest absolute Gasteiger partial charge is 0.491 e. The summed E-state index contributed by atoms with van der Waals surface area (Å²) in [5, 5.41) is 13.9. The molecule has 1 aromatic carbocycles. The molecule has 14 heteroatoms. The number of carboxylic acid groups (broad SMARTS) is 1. The Morgan fingerprint density at radius 3 is 1.63 bits per heavy atom. The molecule has 2 N–H and O–H groups in total. The van der Waals surface area contributed by atoms with Gasteiger partial charge in [0.25, 0.3) is 0 Å². The molecule has 1 heterocycles. The van der Waals surface area contributed by atoms with Crippen LogP contribution in [0.4, 0.5) is 0 Å². The van der Waals surface area contributed by atoms with E-state index in [1.54, 1.807) is 0 Å². The van der Waals surface area contributed by atoms with Gasteiger partial charge in [-0.3, -0.25) is 29.1 Å². The molecule has 0 saturated carbocycles. The SMILES string of the molecule is CCOCCOCCOCCOc1ccc(CC(C(=O)O)N2CCN(CC(=O)OC(C)(C)C)CCNCCN(CC(=O)OC(C)(C)C)CC2)cc1. The predicted molar refractivity (Wildman–Crippen MR) is 194 cm³/mol. The van der Waals surface area contributed by atoms with E-state index in [0.717, 1.165) is 5.56 Å². The predicted octanol–water partition coefficient (Wildman–Crippen LogP) is 2.32. The summed E-state index contributed by atoms with van der Waals surface area (Å²) in [5.41, 5.74) is -0.359. The summed E-state index contributed by atoms with van der Waals surface area (Å²) in [7, 11) is 0. The van der Waals surface area contributed by atoms with Crippen LogP contribution in [-0.4, -0.2) is 167 Å². The number of esters is 2. The molecule has 51 heavy (non-hydrogen) atoms. The van der Waals surface area contributed by atoms with Gasteiger partial charge in [-0.05, 0) is 72.6 Å². The Balaban J connectivity index is 2.08. The van der Waals surface area contributed by atoms with Crippen LogP contribution >= 0.6 is 0 Å². The van der Waals surface area contributed by atoms with Gasteiger partial charge in [0.2, 0.25) is 0 Å². The maximum Gasteiger partial charge on any atom is 0.321 e. The fourth-order valence-electron chi connectivity index (χ4n) is 5.34. The third-order valence-electron chi connectivity index (χ3n) is 7.68. The van der Waals surface area contributed by atoms with E-state index >= 15 is 0 Å². The highest BCUT2D eigenvalue weighted by molar-refractivity contribution is 5.74. The zero-order valence-electron chi connectivity index (χ0n) is 32.1. The number of aliphatic carboxylic acids is 1. The van der Waals surface area contributed by atoms with Crippen molar-refractivity contribution in [2.45, 2.75) is 72.1 Å². The monoisotopic (exact) mass is 724 g/mol. The molecule has 0 spiro atoms. The first-order chi connectivity index (χ1) is 24.1. The first kappa shape index (κ1) is 44.3. The van der Waals surface area contributed by atoms with Gasteiger partial charge in [0.05, 0.1) is 46.1 Å². The maximum atomic E-state index is 12.8. The quantitative estimate of drug-likeness (QED) is 0.159. The fourth-order valence-corrected chi connectivity index (χ4v) is 5.34. The minimum atomic E-state index is -0.944. The Morgan fingerprint density at radius 1 is 0.706 bits per heavy atom. The Hall–Kier alpha value is -2.85. The van der Waals surface area contributed by atoms with Crippen molar-refractivity contribution in [3.63, 3.8) is 0 Å². The zero-order chi connectivity index (χ0) is 37.7. The molecule has 1 saturated heterocycles. The standard InChI is InChI=1S/C37H64N4O10/c1-8-46-21-22-47-23-24-48-25-26-49-31-11-9-30(10-12-31)27-32(35(44)45)41-19-17-39(28-33(42)50-36(2,3)4)15-13-38-14-16-40(18-20-41)29-34(43)51-37(5,6)7/h9-12,32,38H,8,13-29H2,1-7H3,(H,44,45). The second-order valence-electron chi connectivity index (χ2n) is 14.5. The average Bonchev–Trinajstić information content (AvgIpc) is 3.02. The summed E-state index contributed by atoms with van der Waals surface area (Å²) >= 11 is 0. The molecule has 2 rings (SSSR count). The summed E-state index contributed by atoms with van der Waals surface area (Å²) in [6.07, 6.45) is 0.266. The van der Waals surface area contributed by atoms with Gasteiger partial charge < -0.3 is 38.8 Å². The third-order valence-corrected chi connectivity index (χ3v) is 7.68. The van der Waals surface area contributed by atoms with Crippen molar-refractivity contribution >= 4 is 17.9 Å². The maximum absolute atomic E-state index is 12.8. The van der Waals surface area contributed by atoms with Crippen LogP contribution in [-0.2, 0) is 44.5 Å². The molecular weight excluding hydrogens is 660 g/mol. The van der Waals surface area contributed by atoms with E-state index in [9.17, 15) is 19.5 Å². The molecule has 1 aliphatic heterocycles. The fraction of sp³-hybridized carbons (Fsp3) is 0.757. The molecule has 0 radical (unpaired) electrons. The number of carbonyl (C=O) groups excluding carboxylic acids is 2. The van der Waals surface area contributed by atoms with Gasteiger partial charge in [0.15, 0.2) is 0 Å². The Morgan fingerprint density at radius 2 is 1.18 bits per heavy atom. The third kappa shape index (κ3) is 21.3. The van der Waals surface area contributed by atoms with Crippen LogP contribution in [0, 0.1) is 0 Å². The van der Waals surface area contributed by atoms with Crippen molar-refractivity contribution in [1.82, 2.24) is 20.0 Å². The molecule has 0 bridgehead atoms. The average molecular weight is 725 g/mol. The molecule has 14 nitrogen and oxygen atoms in total. The number of carbonyl (C=O) groups is 3. The van der Waals surface area contributed by atoms with Crippen molar-refractivity contribution in [2.75, 3.05) is 112 Å². The molecule has 1 fully saturated rings. The highest BCUT2D eigenvalue weighted by atomic mass is 16.6. The first-order valence-corrected chi connectivity index (χ1v) is 18.2. The lowest BCUT2D eigenvalue weighted by molar-refractivity contribution is -0.157. The van der Waals surface area contributed by atoms with Crippen molar-refractivity contribution in [1.29, 1.82) is 0 Å². The zero-order valence-corrected chi connectivity index (χ0v) is 32.1. The number of benzene rings is 1. The van der Waals surface area contributed by atoms with E-state index in [1.807, 2.05) is 87.4 Å². The van der Waals surface area contributed by atoms with Crippen LogP contribution in [0.3, 0.4) is 0 Å². The molecule has 1 aliphatic rings. The Kier molecular flexibility index (Phi) is 20.6. The second kappa shape index (κ2) is 23.7. The lowest BCUT2D eigenvalue weighted by Crippen LogP contribution is -2.52. The minimum Gasteiger partial charge on any atom is -0.491 e. The van der Waals surface area contributed by atoms with Gasteiger partial charge in [-0.2, -0.15) is 0 Å². The van der Waals surface area contributed by atoms with Gasteiger partial charge in [0.1, 0.15) is 29.6 Å². The van der Waals surface area contributed by atoms with E-state index in [4.69, 9.17) is 28.4 Å². The summed E-state index contributed by atoms with van der Waals surface area (Å²) in [5.74, 6) is -0.926. The van der Waals surface area contributed by atoms with Gasteiger partial charge >= 0.3 is 17.9 Å². The van der Waals surface area contributed by atoms with Crippen molar-refractivity contribution < 1.29 is 47.9 Å². The van der Waals surface area contributed by atoms with E-state index in [0.29, 0.717) is 104 Å². The topological polar surface area (TPSA) is 149 Å². The van der Waals surface area contributed by atoms with E-state index in [1.165, 1.54) is 0 Å².